The number of rotatable bonds is 10. The molecule has 0 bridgehead atoms. The average Bonchev–Trinajstić information content (AvgIpc) is 2.67. The van der Waals surface area contributed by atoms with E-state index in [1.165, 1.54) is 17.3 Å². The molecule has 0 aliphatic rings. The molecule has 0 aliphatic heterocycles. The van der Waals surface area contributed by atoms with E-state index >= 15 is 0 Å². The van der Waals surface area contributed by atoms with Gasteiger partial charge in [0.1, 0.15) is 11.5 Å². The van der Waals surface area contributed by atoms with E-state index < -0.39 is 0 Å². The molecule has 0 amide bonds. The Bertz CT molecular complexity index is 716. The van der Waals surface area contributed by atoms with Gasteiger partial charge < -0.3 is 15.2 Å². The van der Waals surface area contributed by atoms with Gasteiger partial charge >= 0.3 is 0 Å². The number of phenols is 1. The third kappa shape index (κ3) is 6.07. The van der Waals surface area contributed by atoms with E-state index in [2.05, 4.69) is 24.4 Å². The number of hydrogen-bond acceptors (Lipinski definition) is 5. The maximum absolute atomic E-state index is 12.3. The van der Waals surface area contributed by atoms with Crippen LogP contribution in [0.2, 0.25) is 0 Å². The Kier molecular flexibility index (Phi) is 8.01. The number of aromatic hydroxyl groups is 1. The third-order valence-corrected chi connectivity index (χ3v) is 5.14. The molecule has 0 aromatic heterocycles. The molecule has 0 saturated heterocycles. The van der Waals surface area contributed by atoms with E-state index in [0.29, 0.717) is 12.1 Å². The number of benzene rings is 2. The highest BCUT2D eigenvalue weighted by atomic mass is 32.2. The van der Waals surface area contributed by atoms with Crippen LogP contribution >= 0.6 is 11.8 Å². The molecule has 2 aromatic carbocycles. The second-order valence-corrected chi connectivity index (χ2v) is 7.18. The van der Waals surface area contributed by atoms with Gasteiger partial charge in [-0.25, -0.2) is 0 Å². The lowest BCUT2D eigenvalue weighted by Crippen LogP contribution is -2.31. The molecule has 0 saturated carbocycles. The summed E-state index contributed by atoms with van der Waals surface area (Å²) in [6.07, 6.45) is 4.96. The molecular formula is C21H27NO3S. The van der Waals surface area contributed by atoms with Crippen LogP contribution in [0, 0.1) is 0 Å². The molecule has 5 heteroatoms. The molecule has 0 radical (unpaired) electrons. The zero-order valence-electron chi connectivity index (χ0n) is 15.6. The van der Waals surface area contributed by atoms with Crippen LogP contribution in [0.5, 0.6) is 11.5 Å². The maximum Gasteiger partial charge on any atom is 0.176 e. The highest BCUT2D eigenvalue weighted by Gasteiger charge is 2.10. The van der Waals surface area contributed by atoms with Crippen LogP contribution in [0.4, 0.5) is 0 Å². The van der Waals surface area contributed by atoms with Gasteiger partial charge in [0.15, 0.2) is 5.78 Å². The first kappa shape index (κ1) is 20.3. The number of hydrogen-bond donors (Lipinski definition) is 2. The van der Waals surface area contributed by atoms with E-state index in [1.807, 2.05) is 18.4 Å². The number of thioether (sulfide) groups is 1. The molecule has 4 nitrogen and oxygen atoms in total. The molecule has 0 aliphatic carbocycles. The summed E-state index contributed by atoms with van der Waals surface area (Å²) in [4.78, 5) is 13.0. The van der Waals surface area contributed by atoms with Gasteiger partial charge in [0.05, 0.1) is 13.7 Å². The minimum Gasteiger partial charge on any atom is -0.507 e. The van der Waals surface area contributed by atoms with Crippen molar-refractivity contribution in [1.82, 2.24) is 5.32 Å². The Balaban J connectivity index is 1.73. The summed E-state index contributed by atoms with van der Waals surface area (Å²) in [6.45, 7) is 2.41. The molecule has 2 rings (SSSR count). The number of carbonyl (C=O) groups excluding carboxylic acids is 1. The van der Waals surface area contributed by atoms with Gasteiger partial charge in [-0.3, -0.25) is 4.79 Å². The fourth-order valence-electron chi connectivity index (χ4n) is 2.73. The molecule has 0 fully saturated rings. The first-order valence-corrected chi connectivity index (χ1v) is 10.0. The van der Waals surface area contributed by atoms with Gasteiger partial charge in [0.2, 0.25) is 0 Å². The summed E-state index contributed by atoms with van der Waals surface area (Å²) in [5.41, 5.74) is 1.92. The standard InChI is InChI=1S/C21H27NO3S/c1-15(5-4-6-16-7-10-18(25-2)11-8-16)22-14-20(24)17-9-12-19(23)21(13-17)26-3/h7-13,15,22-23H,4-6,14H2,1-3H3. The molecule has 26 heavy (non-hydrogen) atoms. The third-order valence-electron chi connectivity index (χ3n) is 4.37. The van der Waals surface area contributed by atoms with E-state index in [9.17, 15) is 9.90 Å². The molecule has 2 N–H and O–H groups in total. The number of methoxy groups -OCH3 is 1. The topological polar surface area (TPSA) is 58.6 Å². The first-order valence-electron chi connectivity index (χ1n) is 8.80. The largest absolute Gasteiger partial charge is 0.507 e. The lowest BCUT2D eigenvalue weighted by atomic mass is 10.0. The lowest BCUT2D eigenvalue weighted by Gasteiger charge is -2.13. The SMILES string of the molecule is COc1ccc(CCCC(C)NCC(=O)c2ccc(O)c(SC)c2)cc1. The summed E-state index contributed by atoms with van der Waals surface area (Å²) in [6, 6.07) is 13.4. The second kappa shape index (κ2) is 10.2. The van der Waals surface area contributed by atoms with E-state index in [1.54, 1.807) is 25.3 Å². The fraction of sp³-hybridized carbons (Fsp3) is 0.381. The second-order valence-electron chi connectivity index (χ2n) is 6.33. The highest BCUT2D eigenvalue weighted by Crippen LogP contribution is 2.27. The minimum absolute atomic E-state index is 0.0438. The molecular weight excluding hydrogens is 346 g/mol. The molecule has 1 unspecified atom stereocenters. The first-order chi connectivity index (χ1) is 12.5. The van der Waals surface area contributed by atoms with E-state index in [0.717, 1.165) is 29.9 Å². The van der Waals surface area contributed by atoms with Gasteiger partial charge in [-0.2, -0.15) is 0 Å². The van der Waals surface area contributed by atoms with Crippen LogP contribution in [0.15, 0.2) is 47.4 Å². The molecule has 0 heterocycles. The smallest absolute Gasteiger partial charge is 0.176 e. The average molecular weight is 374 g/mol. The Morgan fingerprint density at radius 1 is 1.23 bits per heavy atom. The van der Waals surface area contributed by atoms with Crippen LogP contribution in [0.3, 0.4) is 0 Å². The van der Waals surface area contributed by atoms with Crippen LogP contribution < -0.4 is 10.1 Å². The Hall–Kier alpha value is -1.98. The zero-order chi connectivity index (χ0) is 18.9. The number of ether oxygens (including phenoxy) is 1. The van der Waals surface area contributed by atoms with Crippen molar-refractivity contribution in [3.8, 4) is 11.5 Å². The van der Waals surface area contributed by atoms with Gasteiger partial charge in [-0.05, 0) is 68.3 Å². The Morgan fingerprint density at radius 2 is 1.96 bits per heavy atom. The van der Waals surface area contributed by atoms with E-state index in [4.69, 9.17) is 4.74 Å². The summed E-state index contributed by atoms with van der Waals surface area (Å²) < 4.78 is 5.17. The van der Waals surface area contributed by atoms with E-state index in [-0.39, 0.29) is 17.6 Å². The predicted octanol–water partition coefficient (Wildman–Crippen LogP) is 4.31. The van der Waals surface area contributed by atoms with Crippen LogP contribution in [0.1, 0.15) is 35.7 Å². The van der Waals surface area contributed by atoms with Crippen LogP contribution in [-0.2, 0) is 6.42 Å². The summed E-state index contributed by atoms with van der Waals surface area (Å²) in [5, 5.41) is 13.0. The summed E-state index contributed by atoms with van der Waals surface area (Å²) >= 11 is 1.43. The highest BCUT2D eigenvalue weighted by molar-refractivity contribution is 7.98. The van der Waals surface area contributed by atoms with Crippen LogP contribution in [-0.4, -0.2) is 36.8 Å². The number of ketones is 1. The van der Waals surface area contributed by atoms with Gasteiger partial charge in [-0.15, -0.1) is 11.8 Å². The number of phenolic OH excluding ortho intramolecular Hbond substituents is 1. The molecule has 2 aromatic rings. The van der Waals surface area contributed by atoms with Crippen molar-refractivity contribution < 1.29 is 14.6 Å². The van der Waals surface area contributed by atoms with Crippen molar-refractivity contribution in [3.63, 3.8) is 0 Å². The normalized spacial score (nSPS) is 12.0. The monoisotopic (exact) mass is 373 g/mol. The number of Topliss-reactive ketones (excluding diaryl/α,β-unsaturated/α-hetero) is 1. The molecule has 0 spiro atoms. The Labute approximate surface area is 160 Å². The fourth-order valence-corrected chi connectivity index (χ4v) is 3.25. The van der Waals surface area contributed by atoms with Gasteiger partial charge in [-0.1, -0.05) is 12.1 Å². The van der Waals surface area contributed by atoms with Crippen molar-refractivity contribution in [2.75, 3.05) is 19.9 Å². The van der Waals surface area contributed by atoms with Crippen molar-refractivity contribution >= 4 is 17.5 Å². The molecule has 140 valence electrons. The number of aryl methyl sites for hydroxylation is 1. The zero-order valence-corrected chi connectivity index (χ0v) is 16.4. The summed E-state index contributed by atoms with van der Waals surface area (Å²) in [7, 11) is 1.67. The van der Waals surface area contributed by atoms with Crippen LogP contribution in [0.25, 0.3) is 0 Å². The van der Waals surface area contributed by atoms with Crippen molar-refractivity contribution in [2.45, 2.75) is 37.1 Å². The van der Waals surface area contributed by atoms with Crippen molar-refractivity contribution in [1.29, 1.82) is 0 Å². The van der Waals surface area contributed by atoms with Crippen molar-refractivity contribution in [2.24, 2.45) is 0 Å². The quantitative estimate of drug-likeness (QED) is 0.480. The maximum atomic E-state index is 12.3. The number of nitrogens with one attached hydrogen (secondary N) is 1. The van der Waals surface area contributed by atoms with Gasteiger partial charge in [0, 0.05) is 16.5 Å². The predicted molar refractivity (Wildman–Crippen MR) is 108 cm³/mol. The lowest BCUT2D eigenvalue weighted by molar-refractivity contribution is 0.0987. The number of carbonyl (C=O) groups is 1. The minimum atomic E-state index is 0.0438. The van der Waals surface area contributed by atoms with Gasteiger partial charge in [0.25, 0.3) is 0 Å². The summed E-state index contributed by atoms with van der Waals surface area (Å²) in [5.74, 6) is 1.14. The molecule has 1 atom stereocenters. The van der Waals surface area contributed by atoms with Crippen molar-refractivity contribution in [3.05, 3.63) is 53.6 Å². The Morgan fingerprint density at radius 3 is 2.62 bits per heavy atom.